The molecule has 2 heterocycles. The number of piperidine rings is 2. The average Bonchev–Trinajstić information content (AvgIpc) is 2.88. The fourth-order valence-corrected chi connectivity index (χ4v) is 4.53. The van der Waals surface area contributed by atoms with E-state index in [1.54, 1.807) is 0 Å². The van der Waals surface area contributed by atoms with Gasteiger partial charge in [-0.3, -0.25) is 0 Å². The molecule has 1 aliphatic carbocycles. The number of likely N-dealkylation sites (N-methyl/N-ethyl adjacent to an activating group) is 1. The van der Waals surface area contributed by atoms with Gasteiger partial charge in [-0.25, -0.2) is 0 Å². The number of likely N-dealkylation sites (tertiary alicyclic amines) is 1. The van der Waals surface area contributed by atoms with Crippen LogP contribution in [0.4, 0.5) is 0 Å². The zero-order valence-electron chi connectivity index (χ0n) is 12.5. The summed E-state index contributed by atoms with van der Waals surface area (Å²) in [6.07, 6.45) is 11.3. The number of nitrogens with one attached hydrogen (secondary N) is 2. The SMILES string of the molecule is CN1CCCC(NC2CCCC2C2CCCCN2)C1. The zero-order valence-corrected chi connectivity index (χ0v) is 12.5. The first-order chi connectivity index (χ1) is 9.33. The summed E-state index contributed by atoms with van der Waals surface area (Å²) in [6, 6.07) is 2.33. The van der Waals surface area contributed by atoms with Crippen LogP contribution in [-0.2, 0) is 0 Å². The third-order valence-electron chi connectivity index (χ3n) is 5.51. The Kier molecular flexibility index (Phi) is 4.78. The van der Waals surface area contributed by atoms with Crippen molar-refractivity contribution in [1.29, 1.82) is 0 Å². The van der Waals surface area contributed by atoms with Gasteiger partial charge >= 0.3 is 0 Å². The van der Waals surface area contributed by atoms with Crippen LogP contribution in [0.25, 0.3) is 0 Å². The molecule has 0 aromatic heterocycles. The summed E-state index contributed by atoms with van der Waals surface area (Å²) in [6.45, 7) is 3.79. The maximum atomic E-state index is 4.01. The minimum atomic E-state index is 0.743. The second-order valence-corrected chi connectivity index (χ2v) is 7.03. The smallest absolute Gasteiger partial charge is 0.0198 e. The molecule has 3 aliphatic rings. The molecular formula is C16H31N3. The lowest BCUT2D eigenvalue weighted by atomic mass is 9.87. The Morgan fingerprint density at radius 3 is 2.74 bits per heavy atom. The zero-order chi connectivity index (χ0) is 13.1. The van der Waals surface area contributed by atoms with Crippen LogP contribution in [0.15, 0.2) is 0 Å². The van der Waals surface area contributed by atoms with E-state index in [4.69, 9.17) is 0 Å². The van der Waals surface area contributed by atoms with E-state index in [0.717, 1.165) is 24.0 Å². The molecule has 2 saturated heterocycles. The Balaban J connectivity index is 1.53. The Hall–Kier alpha value is -0.120. The van der Waals surface area contributed by atoms with Crippen molar-refractivity contribution >= 4 is 0 Å². The molecule has 4 atom stereocenters. The van der Waals surface area contributed by atoms with Crippen molar-refractivity contribution in [2.24, 2.45) is 5.92 Å². The summed E-state index contributed by atoms with van der Waals surface area (Å²) in [5, 5.41) is 7.80. The Labute approximate surface area is 118 Å². The number of rotatable bonds is 3. The van der Waals surface area contributed by atoms with Crippen molar-refractivity contribution in [2.45, 2.75) is 69.5 Å². The minimum absolute atomic E-state index is 0.743. The highest BCUT2D eigenvalue weighted by molar-refractivity contribution is 4.94. The van der Waals surface area contributed by atoms with Gasteiger partial charge in [-0.2, -0.15) is 0 Å². The van der Waals surface area contributed by atoms with Crippen molar-refractivity contribution < 1.29 is 0 Å². The quantitative estimate of drug-likeness (QED) is 0.817. The molecule has 110 valence electrons. The molecule has 0 bridgehead atoms. The van der Waals surface area contributed by atoms with E-state index in [2.05, 4.69) is 22.6 Å². The molecule has 3 rings (SSSR count). The highest BCUT2D eigenvalue weighted by atomic mass is 15.1. The first-order valence-electron chi connectivity index (χ1n) is 8.51. The second kappa shape index (κ2) is 6.55. The minimum Gasteiger partial charge on any atom is -0.314 e. The molecule has 3 fully saturated rings. The molecule has 2 aliphatic heterocycles. The first-order valence-corrected chi connectivity index (χ1v) is 8.51. The molecule has 2 N–H and O–H groups in total. The summed E-state index contributed by atoms with van der Waals surface area (Å²) in [5.41, 5.74) is 0. The van der Waals surface area contributed by atoms with Crippen LogP contribution < -0.4 is 10.6 Å². The molecule has 3 heteroatoms. The fourth-order valence-electron chi connectivity index (χ4n) is 4.53. The molecule has 0 spiro atoms. The predicted octanol–water partition coefficient (Wildman–Crippen LogP) is 1.98. The number of hydrogen-bond donors (Lipinski definition) is 2. The van der Waals surface area contributed by atoms with Gasteiger partial charge in [0.05, 0.1) is 0 Å². The van der Waals surface area contributed by atoms with Gasteiger partial charge in [0.15, 0.2) is 0 Å². The van der Waals surface area contributed by atoms with Gasteiger partial charge in [-0.05, 0) is 64.6 Å². The lowest BCUT2D eigenvalue weighted by Crippen LogP contribution is -2.52. The Morgan fingerprint density at radius 2 is 1.95 bits per heavy atom. The predicted molar refractivity (Wildman–Crippen MR) is 80.4 cm³/mol. The normalized spacial score (nSPS) is 41.5. The van der Waals surface area contributed by atoms with Crippen molar-refractivity contribution in [3.63, 3.8) is 0 Å². The molecule has 19 heavy (non-hydrogen) atoms. The van der Waals surface area contributed by atoms with Crippen molar-refractivity contribution in [2.75, 3.05) is 26.7 Å². The van der Waals surface area contributed by atoms with Crippen LogP contribution in [-0.4, -0.2) is 49.7 Å². The van der Waals surface area contributed by atoms with Crippen LogP contribution >= 0.6 is 0 Å². The van der Waals surface area contributed by atoms with E-state index in [9.17, 15) is 0 Å². The highest BCUT2D eigenvalue weighted by Gasteiger charge is 2.35. The van der Waals surface area contributed by atoms with Gasteiger partial charge in [0, 0.05) is 24.7 Å². The van der Waals surface area contributed by atoms with Crippen LogP contribution in [0.2, 0.25) is 0 Å². The Bertz CT molecular complexity index is 275. The maximum absolute atomic E-state index is 4.01. The van der Waals surface area contributed by atoms with Crippen molar-refractivity contribution in [3.8, 4) is 0 Å². The molecule has 0 amide bonds. The van der Waals surface area contributed by atoms with E-state index >= 15 is 0 Å². The molecular weight excluding hydrogens is 234 g/mol. The standard InChI is InChI=1S/C16H31N3/c1-19-11-5-6-13(12-19)18-16-9-4-7-14(16)15-8-2-3-10-17-15/h13-18H,2-12H2,1H3. The van der Waals surface area contributed by atoms with Gasteiger partial charge < -0.3 is 15.5 Å². The summed E-state index contributed by atoms with van der Waals surface area (Å²) in [5.74, 6) is 0.896. The van der Waals surface area contributed by atoms with E-state index in [1.807, 2.05) is 0 Å². The average molecular weight is 265 g/mol. The molecule has 1 saturated carbocycles. The monoisotopic (exact) mass is 265 g/mol. The summed E-state index contributed by atoms with van der Waals surface area (Å²) in [7, 11) is 2.27. The van der Waals surface area contributed by atoms with Gasteiger partial charge in [0.1, 0.15) is 0 Å². The number of nitrogens with zero attached hydrogens (tertiary/aromatic N) is 1. The first kappa shape index (κ1) is 13.8. The molecule has 4 unspecified atom stereocenters. The highest BCUT2D eigenvalue weighted by Crippen LogP contribution is 2.32. The van der Waals surface area contributed by atoms with Gasteiger partial charge in [0.25, 0.3) is 0 Å². The summed E-state index contributed by atoms with van der Waals surface area (Å²) >= 11 is 0. The topological polar surface area (TPSA) is 27.3 Å². The van der Waals surface area contributed by atoms with Gasteiger partial charge in [-0.1, -0.05) is 12.8 Å². The maximum Gasteiger partial charge on any atom is 0.0198 e. The third kappa shape index (κ3) is 3.50. The molecule has 0 aromatic rings. The van der Waals surface area contributed by atoms with Gasteiger partial charge in [0.2, 0.25) is 0 Å². The largest absolute Gasteiger partial charge is 0.314 e. The van der Waals surface area contributed by atoms with E-state index in [-0.39, 0.29) is 0 Å². The van der Waals surface area contributed by atoms with Crippen LogP contribution in [0.1, 0.15) is 51.4 Å². The van der Waals surface area contributed by atoms with E-state index in [1.165, 1.54) is 71.0 Å². The second-order valence-electron chi connectivity index (χ2n) is 7.03. The van der Waals surface area contributed by atoms with Crippen LogP contribution in [0.3, 0.4) is 0 Å². The van der Waals surface area contributed by atoms with E-state index in [0.29, 0.717) is 0 Å². The van der Waals surface area contributed by atoms with Crippen LogP contribution in [0.5, 0.6) is 0 Å². The molecule has 0 radical (unpaired) electrons. The van der Waals surface area contributed by atoms with Crippen molar-refractivity contribution in [3.05, 3.63) is 0 Å². The van der Waals surface area contributed by atoms with Crippen LogP contribution in [0, 0.1) is 5.92 Å². The summed E-state index contributed by atoms with van der Waals surface area (Å²) < 4.78 is 0. The Morgan fingerprint density at radius 1 is 1.00 bits per heavy atom. The lowest BCUT2D eigenvalue weighted by molar-refractivity contribution is 0.189. The third-order valence-corrected chi connectivity index (χ3v) is 5.51. The van der Waals surface area contributed by atoms with E-state index < -0.39 is 0 Å². The molecule has 0 aromatic carbocycles. The number of hydrogen-bond acceptors (Lipinski definition) is 3. The summed E-state index contributed by atoms with van der Waals surface area (Å²) in [4.78, 5) is 2.49. The lowest BCUT2D eigenvalue weighted by Gasteiger charge is -2.37. The molecule has 3 nitrogen and oxygen atoms in total. The fraction of sp³-hybridized carbons (Fsp3) is 1.00. The van der Waals surface area contributed by atoms with Crippen molar-refractivity contribution in [1.82, 2.24) is 15.5 Å². The van der Waals surface area contributed by atoms with Gasteiger partial charge in [-0.15, -0.1) is 0 Å².